The first-order chi connectivity index (χ1) is 20.8. The first kappa shape index (κ1) is 32.9. The number of carbonyl (C=O) groups is 3. The topological polar surface area (TPSA) is 60.4 Å². The molecule has 2 aliphatic carbocycles. The van der Waals surface area contributed by atoms with Crippen LogP contribution in [0.4, 0.5) is 0 Å². The fourth-order valence-corrected chi connectivity index (χ4v) is 7.53. The van der Waals surface area contributed by atoms with Crippen LogP contribution in [0.1, 0.15) is 130 Å². The van der Waals surface area contributed by atoms with Gasteiger partial charge < -0.3 is 4.74 Å². The number of ether oxygens (including phenoxy) is 1. The van der Waals surface area contributed by atoms with Gasteiger partial charge in [0.25, 0.3) is 0 Å². The maximum atomic E-state index is 13.4. The van der Waals surface area contributed by atoms with E-state index in [0.717, 1.165) is 50.0 Å². The number of Topliss-reactive ketones (excluding diaryl/α,β-unsaturated/α-hetero) is 1. The Hall–Kier alpha value is -3.01. The Morgan fingerprint density at radius 3 is 2.35 bits per heavy atom. The molecule has 43 heavy (non-hydrogen) atoms. The fourth-order valence-electron chi connectivity index (χ4n) is 7.53. The van der Waals surface area contributed by atoms with Gasteiger partial charge in [-0.1, -0.05) is 81.5 Å². The van der Waals surface area contributed by atoms with E-state index in [1.807, 2.05) is 39.0 Å². The molecule has 2 aromatic carbocycles. The first-order valence-corrected chi connectivity index (χ1v) is 16.9. The number of carbonyl (C=O) groups excluding carboxylic acids is 3. The summed E-state index contributed by atoms with van der Waals surface area (Å²) in [5, 5.41) is 0. The molecular formula is C39H52O4. The van der Waals surface area contributed by atoms with Gasteiger partial charge in [0.1, 0.15) is 5.75 Å². The molecule has 4 nitrogen and oxygen atoms in total. The van der Waals surface area contributed by atoms with Crippen molar-refractivity contribution in [3.8, 4) is 5.75 Å². The molecule has 0 amide bonds. The highest BCUT2D eigenvalue weighted by molar-refractivity contribution is 5.99. The van der Waals surface area contributed by atoms with Crippen LogP contribution < -0.4 is 4.74 Å². The minimum absolute atomic E-state index is 0.0675. The largest absolute Gasteiger partial charge is 0.426 e. The molecule has 0 aromatic heterocycles. The molecule has 0 spiro atoms. The van der Waals surface area contributed by atoms with Crippen molar-refractivity contribution in [2.24, 2.45) is 23.7 Å². The van der Waals surface area contributed by atoms with Crippen molar-refractivity contribution < 1.29 is 19.1 Å². The zero-order valence-corrected chi connectivity index (χ0v) is 27.1. The molecule has 0 radical (unpaired) electrons. The lowest BCUT2D eigenvalue weighted by atomic mass is 9.72. The van der Waals surface area contributed by atoms with E-state index in [1.54, 1.807) is 12.1 Å². The Morgan fingerprint density at radius 2 is 1.60 bits per heavy atom. The predicted octanol–water partition coefficient (Wildman–Crippen LogP) is 9.69. The number of fused-ring (bicyclic) bond motifs is 1. The second-order valence-electron chi connectivity index (χ2n) is 13.0. The molecule has 0 bridgehead atoms. The van der Waals surface area contributed by atoms with Gasteiger partial charge in [-0.2, -0.15) is 0 Å². The van der Waals surface area contributed by atoms with Crippen molar-refractivity contribution >= 4 is 17.5 Å². The van der Waals surface area contributed by atoms with Crippen LogP contribution in [0.25, 0.3) is 0 Å². The number of benzene rings is 2. The third kappa shape index (κ3) is 8.55. The number of allylic oxidation sites excluding steroid dienone is 2. The minimum atomic E-state index is -0.251. The summed E-state index contributed by atoms with van der Waals surface area (Å²) < 4.78 is 5.39. The standard InChI is InChI=1S/C37H46O4.C2H6/c1-24-10-14-28(25(2)22-24)6-5-9-33(38)20-13-27-11-15-30(16-12-27)29-7-4-8-31(18-17-29)36(39)32-19-21-34-26(3)37(40)41-35(34)23-32;1-2/h5,9-10,14,19,21-23,26-27,29-31H,4,6-8,11-13,15-18,20H2,1-3H3;1-2H3/b9-5-;. The lowest BCUT2D eigenvalue weighted by Crippen LogP contribution is -2.22. The van der Waals surface area contributed by atoms with Crippen molar-refractivity contribution in [3.63, 3.8) is 0 Å². The molecule has 2 saturated carbocycles. The van der Waals surface area contributed by atoms with Gasteiger partial charge in [0.2, 0.25) is 0 Å². The van der Waals surface area contributed by atoms with Crippen molar-refractivity contribution in [2.75, 3.05) is 0 Å². The molecule has 4 heteroatoms. The molecule has 3 aliphatic rings. The van der Waals surface area contributed by atoms with Crippen LogP contribution in [0.15, 0.2) is 48.6 Å². The van der Waals surface area contributed by atoms with E-state index < -0.39 is 0 Å². The SMILES string of the molecule is CC.Cc1ccc(C/C=C\C(=O)CCC2CCC(C3CCCC(C(=O)c4ccc5c(c4)OC(=O)C5C)CC3)CC2)c(C)c1. The maximum Gasteiger partial charge on any atom is 0.318 e. The summed E-state index contributed by atoms with van der Waals surface area (Å²) in [5.74, 6) is 2.75. The van der Waals surface area contributed by atoms with Crippen molar-refractivity contribution in [3.05, 3.63) is 76.4 Å². The molecule has 232 valence electrons. The Bertz CT molecular complexity index is 1300. The van der Waals surface area contributed by atoms with E-state index >= 15 is 0 Å². The van der Waals surface area contributed by atoms with Gasteiger partial charge in [-0.05, 0) is 107 Å². The van der Waals surface area contributed by atoms with E-state index in [1.165, 1.54) is 48.8 Å². The smallest absolute Gasteiger partial charge is 0.318 e. The summed E-state index contributed by atoms with van der Waals surface area (Å²) in [7, 11) is 0. The first-order valence-electron chi connectivity index (χ1n) is 16.9. The highest BCUT2D eigenvalue weighted by atomic mass is 16.5. The summed E-state index contributed by atoms with van der Waals surface area (Å²) in [6.07, 6.45) is 16.7. The van der Waals surface area contributed by atoms with Crippen LogP contribution in [-0.4, -0.2) is 17.5 Å². The van der Waals surface area contributed by atoms with Crippen molar-refractivity contribution in [1.82, 2.24) is 0 Å². The number of ketones is 2. The molecule has 1 aliphatic heterocycles. The highest BCUT2D eigenvalue weighted by Gasteiger charge is 2.33. The average Bonchev–Trinajstić information content (AvgIpc) is 3.16. The van der Waals surface area contributed by atoms with Crippen LogP contribution in [0.2, 0.25) is 0 Å². The number of esters is 1. The van der Waals surface area contributed by atoms with Gasteiger partial charge in [-0.15, -0.1) is 0 Å². The monoisotopic (exact) mass is 584 g/mol. The number of hydrogen-bond donors (Lipinski definition) is 0. The number of aryl methyl sites for hydroxylation is 2. The Labute approximate surface area is 259 Å². The number of hydrogen-bond acceptors (Lipinski definition) is 4. The van der Waals surface area contributed by atoms with Crippen LogP contribution in [-0.2, 0) is 16.0 Å². The van der Waals surface area contributed by atoms with Crippen LogP contribution in [0, 0.1) is 37.5 Å². The Balaban J connectivity index is 0.00000207. The lowest BCUT2D eigenvalue weighted by Gasteiger charge is -2.33. The molecular weight excluding hydrogens is 532 g/mol. The molecule has 5 rings (SSSR count). The number of rotatable bonds is 9. The third-order valence-corrected chi connectivity index (χ3v) is 10.2. The zero-order valence-electron chi connectivity index (χ0n) is 27.1. The van der Waals surface area contributed by atoms with Gasteiger partial charge in [0.05, 0.1) is 5.92 Å². The zero-order chi connectivity index (χ0) is 30.9. The second-order valence-corrected chi connectivity index (χ2v) is 13.0. The van der Waals surface area contributed by atoms with E-state index in [0.29, 0.717) is 29.6 Å². The van der Waals surface area contributed by atoms with Gasteiger partial charge in [0, 0.05) is 23.5 Å². The minimum Gasteiger partial charge on any atom is -0.426 e. The third-order valence-electron chi connectivity index (χ3n) is 10.2. The van der Waals surface area contributed by atoms with E-state index in [2.05, 4.69) is 32.0 Å². The van der Waals surface area contributed by atoms with Gasteiger partial charge in [0.15, 0.2) is 11.6 Å². The molecule has 3 atom stereocenters. The van der Waals surface area contributed by atoms with Crippen molar-refractivity contribution in [2.45, 2.75) is 118 Å². The molecule has 3 unspecified atom stereocenters. The van der Waals surface area contributed by atoms with Crippen LogP contribution in [0.5, 0.6) is 5.75 Å². The Morgan fingerprint density at radius 1 is 0.884 bits per heavy atom. The summed E-state index contributed by atoms with van der Waals surface area (Å²) in [6, 6.07) is 12.1. The Kier molecular flexibility index (Phi) is 12.0. The summed E-state index contributed by atoms with van der Waals surface area (Å²) in [5.41, 5.74) is 5.42. The van der Waals surface area contributed by atoms with Crippen LogP contribution in [0.3, 0.4) is 0 Å². The molecule has 0 N–H and O–H groups in total. The highest BCUT2D eigenvalue weighted by Crippen LogP contribution is 2.42. The summed E-state index contributed by atoms with van der Waals surface area (Å²) >= 11 is 0. The fraction of sp³-hybridized carbons (Fsp3) is 0.564. The average molecular weight is 585 g/mol. The quantitative estimate of drug-likeness (QED) is 0.0968. The van der Waals surface area contributed by atoms with Gasteiger partial charge in [-0.3, -0.25) is 14.4 Å². The molecule has 2 fully saturated rings. The predicted molar refractivity (Wildman–Crippen MR) is 175 cm³/mol. The lowest BCUT2D eigenvalue weighted by molar-refractivity contribution is -0.133. The normalized spacial score (nSPS) is 25.3. The second kappa shape index (κ2) is 15.6. The van der Waals surface area contributed by atoms with Gasteiger partial charge in [-0.25, -0.2) is 0 Å². The van der Waals surface area contributed by atoms with E-state index in [4.69, 9.17) is 4.74 Å². The van der Waals surface area contributed by atoms with E-state index in [-0.39, 0.29) is 29.4 Å². The molecule has 1 heterocycles. The van der Waals surface area contributed by atoms with Crippen LogP contribution >= 0.6 is 0 Å². The molecule has 0 saturated heterocycles. The van der Waals surface area contributed by atoms with Crippen molar-refractivity contribution in [1.29, 1.82) is 0 Å². The summed E-state index contributed by atoms with van der Waals surface area (Å²) in [6.45, 7) is 10.1. The van der Waals surface area contributed by atoms with E-state index in [9.17, 15) is 14.4 Å². The summed E-state index contributed by atoms with van der Waals surface area (Å²) in [4.78, 5) is 37.8. The molecule has 2 aromatic rings. The van der Waals surface area contributed by atoms with Gasteiger partial charge >= 0.3 is 5.97 Å². The maximum absolute atomic E-state index is 13.4.